The van der Waals surface area contributed by atoms with Crippen LogP contribution in [-0.4, -0.2) is 67.5 Å². The molecule has 1 N–H and O–H groups in total. The second kappa shape index (κ2) is 9.36. The largest absolute Gasteiger partial charge is 0.481 e. The van der Waals surface area contributed by atoms with Gasteiger partial charge in [0.25, 0.3) is 5.91 Å². The maximum Gasteiger partial charge on any atom is 0.260 e. The van der Waals surface area contributed by atoms with Gasteiger partial charge < -0.3 is 19.9 Å². The van der Waals surface area contributed by atoms with Crippen LogP contribution in [-0.2, 0) is 9.59 Å². The van der Waals surface area contributed by atoms with E-state index in [0.717, 1.165) is 19.6 Å². The molecular formula is C18H26FN3O3. The van der Waals surface area contributed by atoms with E-state index >= 15 is 0 Å². The van der Waals surface area contributed by atoms with Crippen molar-refractivity contribution in [2.24, 2.45) is 5.92 Å². The summed E-state index contributed by atoms with van der Waals surface area (Å²) in [5, 5.41) is 2.91. The second-order valence-electron chi connectivity index (χ2n) is 6.03. The predicted octanol–water partition coefficient (Wildman–Crippen LogP) is 1.12. The molecule has 0 aromatic heterocycles. The number of carbonyl (C=O) groups excluding carboxylic acids is 2. The summed E-state index contributed by atoms with van der Waals surface area (Å²) in [6, 6.07) is 5.96. The number of hydrogen-bond acceptors (Lipinski definition) is 4. The summed E-state index contributed by atoms with van der Waals surface area (Å²) >= 11 is 0. The average molecular weight is 351 g/mol. The minimum atomic E-state index is -0.496. The summed E-state index contributed by atoms with van der Waals surface area (Å²) in [6.07, 6.45) is 0. The molecule has 6 nitrogen and oxygen atoms in total. The summed E-state index contributed by atoms with van der Waals surface area (Å²) in [7, 11) is 0. The van der Waals surface area contributed by atoms with Crippen molar-refractivity contribution in [3.8, 4) is 5.75 Å². The molecule has 2 rings (SSSR count). The quantitative estimate of drug-likeness (QED) is 0.724. The topological polar surface area (TPSA) is 61.9 Å². The van der Waals surface area contributed by atoms with Crippen molar-refractivity contribution >= 4 is 11.8 Å². The molecule has 1 saturated heterocycles. The molecule has 7 heteroatoms. The minimum absolute atomic E-state index is 0.0220. The van der Waals surface area contributed by atoms with Crippen LogP contribution in [0.3, 0.4) is 0 Å². The predicted molar refractivity (Wildman–Crippen MR) is 92.8 cm³/mol. The van der Waals surface area contributed by atoms with Gasteiger partial charge in [-0.25, -0.2) is 4.39 Å². The third-order valence-corrected chi connectivity index (χ3v) is 4.41. The number of halogens is 1. The Morgan fingerprint density at radius 2 is 1.96 bits per heavy atom. The van der Waals surface area contributed by atoms with Gasteiger partial charge in [-0.15, -0.1) is 0 Å². The molecule has 1 aromatic rings. The van der Waals surface area contributed by atoms with Gasteiger partial charge in [-0.3, -0.25) is 9.59 Å². The van der Waals surface area contributed by atoms with Gasteiger partial charge in [0.1, 0.15) is 0 Å². The van der Waals surface area contributed by atoms with Crippen LogP contribution in [0.2, 0.25) is 0 Å². The lowest BCUT2D eigenvalue weighted by molar-refractivity contribution is -0.144. The first kappa shape index (κ1) is 19.2. The highest BCUT2D eigenvalue weighted by molar-refractivity contribution is 5.85. The van der Waals surface area contributed by atoms with Crippen molar-refractivity contribution in [2.45, 2.75) is 13.8 Å². The molecule has 1 aromatic carbocycles. The molecule has 0 radical (unpaired) electrons. The molecule has 0 atom stereocenters. The number of rotatable bonds is 9. The lowest BCUT2D eigenvalue weighted by Crippen LogP contribution is -2.57. The van der Waals surface area contributed by atoms with E-state index in [1.807, 2.05) is 0 Å². The third kappa shape index (κ3) is 5.42. The molecule has 0 unspecified atom stereocenters. The van der Waals surface area contributed by atoms with Crippen molar-refractivity contribution in [2.75, 3.05) is 45.9 Å². The number of nitrogens with zero attached hydrogens (tertiary/aromatic N) is 2. The molecule has 0 spiro atoms. The van der Waals surface area contributed by atoms with E-state index in [2.05, 4.69) is 24.1 Å². The van der Waals surface area contributed by atoms with Gasteiger partial charge in [0.15, 0.2) is 18.2 Å². The van der Waals surface area contributed by atoms with Gasteiger partial charge in [-0.05, 0) is 25.2 Å². The van der Waals surface area contributed by atoms with Crippen molar-refractivity contribution in [3.05, 3.63) is 30.1 Å². The van der Waals surface area contributed by atoms with Crippen molar-refractivity contribution in [1.82, 2.24) is 15.1 Å². The molecule has 1 heterocycles. The number of nitrogens with one attached hydrogen (secondary N) is 1. The molecule has 0 bridgehead atoms. The van der Waals surface area contributed by atoms with Crippen molar-refractivity contribution in [3.63, 3.8) is 0 Å². The van der Waals surface area contributed by atoms with Crippen LogP contribution in [0.15, 0.2) is 24.3 Å². The first-order valence-electron chi connectivity index (χ1n) is 8.70. The van der Waals surface area contributed by atoms with Crippen LogP contribution in [0.1, 0.15) is 13.8 Å². The number of amides is 2. The molecule has 25 heavy (non-hydrogen) atoms. The van der Waals surface area contributed by atoms with E-state index < -0.39 is 5.82 Å². The van der Waals surface area contributed by atoms with Gasteiger partial charge in [-0.1, -0.05) is 26.0 Å². The maximum atomic E-state index is 13.4. The summed E-state index contributed by atoms with van der Waals surface area (Å²) in [5.41, 5.74) is 0. The van der Waals surface area contributed by atoms with Gasteiger partial charge in [0.2, 0.25) is 5.91 Å². The fraction of sp³-hybridized carbons (Fsp3) is 0.556. The number of hydrogen-bond donors (Lipinski definition) is 1. The Morgan fingerprint density at radius 3 is 2.60 bits per heavy atom. The van der Waals surface area contributed by atoms with Crippen LogP contribution in [0.25, 0.3) is 0 Å². The zero-order chi connectivity index (χ0) is 18.2. The molecule has 138 valence electrons. The Bertz CT molecular complexity index is 587. The Balaban J connectivity index is 1.65. The molecule has 1 fully saturated rings. The van der Waals surface area contributed by atoms with E-state index in [9.17, 15) is 14.0 Å². The number of para-hydroxylation sites is 1. The fourth-order valence-electron chi connectivity index (χ4n) is 2.66. The summed E-state index contributed by atoms with van der Waals surface area (Å²) in [6.45, 7) is 8.07. The zero-order valence-electron chi connectivity index (χ0n) is 14.8. The maximum absolute atomic E-state index is 13.4. The van der Waals surface area contributed by atoms with Gasteiger partial charge >= 0.3 is 0 Å². The first-order chi connectivity index (χ1) is 12.0. The van der Waals surface area contributed by atoms with Crippen LogP contribution in [0, 0.1) is 11.7 Å². The number of benzene rings is 1. The molecular weight excluding hydrogens is 325 g/mol. The minimum Gasteiger partial charge on any atom is -0.481 e. The monoisotopic (exact) mass is 351 g/mol. The summed E-state index contributed by atoms with van der Waals surface area (Å²) in [4.78, 5) is 27.8. The Hall–Kier alpha value is -2.15. The Kier molecular flexibility index (Phi) is 7.18. The smallest absolute Gasteiger partial charge is 0.260 e. The van der Waals surface area contributed by atoms with E-state index in [-0.39, 0.29) is 30.1 Å². The number of likely N-dealkylation sites (tertiary alicyclic amines) is 1. The van der Waals surface area contributed by atoms with Crippen LogP contribution in [0.5, 0.6) is 5.75 Å². The van der Waals surface area contributed by atoms with E-state index in [0.29, 0.717) is 19.6 Å². The lowest BCUT2D eigenvalue weighted by atomic mass is 9.99. The highest BCUT2D eigenvalue weighted by Gasteiger charge is 2.35. The highest BCUT2D eigenvalue weighted by atomic mass is 19.1. The van der Waals surface area contributed by atoms with Gasteiger partial charge in [-0.2, -0.15) is 0 Å². The van der Waals surface area contributed by atoms with Crippen LogP contribution < -0.4 is 10.1 Å². The molecule has 0 aliphatic carbocycles. The third-order valence-electron chi connectivity index (χ3n) is 4.41. The van der Waals surface area contributed by atoms with E-state index in [4.69, 9.17) is 4.74 Å². The molecule has 1 aliphatic rings. The fourth-order valence-corrected chi connectivity index (χ4v) is 2.66. The van der Waals surface area contributed by atoms with Crippen LogP contribution >= 0.6 is 0 Å². The molecule has 1 aliphatic heterocycles. The Labute approximate surface area is 147 Å². The van der Waals surface area contributed by atoms with E-state index in [1.54, 1.807) is 17.0 Å². The summed E-state index contributed by atoms with van der Waals surface area (Å²) < 4.78 is 18.6. The summed E-state index contributed by atoms with van der Waals surface area (Å²) in [5.74, 6) is -0.873. The Morgan fingerprint density at radius 1 is 1.28 bits per heavy atom. The normalized spacial score (nSPS) is 14.3. The lowest BCUT2D eigenvalue weighted by Gasteiger charge is -2.38. The zero-order valence-corrected chi connectivity index (χ0v) is 14.8. The van der Waals surface area contributed by atoms with Crippen molar-refractivity contribution < 1.29 is 18.7 Å². The van der Waals surface area contributed by atoms with Gasteiger partial charge in [0.05, 0.1) is 5.92 Å². The van der Waals surface area contributed by atoms with Crippen LogP contribution in [0.4, 0.5) is 4.39 Å². The standard InChI is InChI=1S/C18H26FN3O3/c1-3-21(4-2)10-9-20-18(24)14-11-22(12-14)17(23)13-25-16-8-6-5-7-15(16)19/h5-8,14H,3-4,9-13H2,1-2H3,(H,20,24). The number of carbonyl (C=O) groups is 2. The molecule has 0 saturated carbocycles. The van der Waals surface area contributed by atoms with Crippen molar-refractivity contribution in [1.29, 1.82) is 0 Å². The molecule has 2 amide bonds. The first-order valence-corrected chi connectivity index (χ1v) is 8.70. The highest BCUT2D eigenvalue weighted by Crippen LogP contribution is 2.18. The number of ether oxygens (including phenoxy) is 1. The second-order valence-corrected chi connectivity index (χ2v) is 6.03. The SMILES string of the molecule is CCN(CC)CCNC(=O)C1CN(C(=O)COc2ccccc2F)C1. The number of likely N-dealkylation sites (N-methyl/N-ethyl adjacent to an activating group) is 1. The van der Waals surface area contributed by atoms with E-state index in [1.165, 1.54) is 12.1 Å². The van der Waals surface area contributed by atoms with Gasteiger partial charge in [0, 0.05) is 26.2 Å². The average Bonchev–Trinajstić information content (AvgIpc) is 2.56.